The average molecular weight is 208 g/mol. The molecule has 1 fully saturated rings. The molecule has 0 aromatic carbocycles. The molecule has 2 atom stereocenters. The molecule has 0 radical (unpaired) electrons. The van der Waals surface area contributed by atoms with Crippen molar-refractivity contribution in [2.24, 2.45) is 11.7 Å². The van der Waals surface area contributed by atoms with Gasteiger partial charge < -0.3 is 10.2 Å². The zero-order chi connectivity index (χ0) is 10.7. The molecule has 2 unspecified atom stereocenters. The second-order valence-electron chi connectivity index (χ2n) is 4.55. The zero-order valence-electron chi connectivity index (χ0n) is 9.36. The maximum absolute atomic E-state index is 5.86. The summed E-state index contributed by atoms with van der Waals surface area (Å²) in [5.41, 5.74) is 7.07. The van der Waals surface area contributed by atoms with Gasteiger partial charge in [0, 0.05) is 18.7 Å². The highest BCUT2D eigenvalue weighted by atomic mass is 16.3. The Morgan fingerprint density at radius 2 is 2.53 bits per heavy atom. The molecular formula is C12H20N2O. The second kappa shape index (κ2) is 4.81. The van der Waals surface area contributed by atoms with Crippen LogP contribution < -0.4 is 5.73 Å². The molecule has 1 aromatic heterocycles. The van der Waals surface area contributed by atoms with E-state index in [1.807, 2.05) is 12.3 Å². The van der Waals surface area contributed by atoms with Crippen LogP contribution in [0.1, 0.15) is 31.4 Å². The molecule has 2 N–H and O–H groups in total. The van der Waals surface area contributed by atoms with Gasteiger partial charge in [-0.3, -0.25) is 4.90 Å². The van der Waals surface area contributed by atoms with Gasteiger partial charge >= 0.3 is 0 Å². The first-order chi connectivity index (χ1) is 7.31. The summed E-state index contributed by atoms with van der Waals surface area (Å²) < 4.78 is 5.13. The average Bonchev–Trinajstić information content (AvgIpc) is 2.72. The maximum atomic E-state index is 5.86. The summed E-state index contributed by atoms with van der Waals surface area (Å²) in [6.45, 7) is 5.31. The topological polar surface area (TPSA) is 42.4 Å². The molecule has 2 heterocycles. The van der Waals surface area contributed by atoms with Crippen LogP contribution in [0.5, 0.6) is 0 Å². The smallest absolute Gasteiger partial charge is 0.0950 e. The van der Waals surface area contributed by atoms with Crippen LogP contribution in [0, 0.1) is 5.92 Å². The van der Waals surface area contributed by atoms with Crippen molar-refractivity contribution in [3.05, 3.63) is 24.2 Å². The summed E-state index contributed by atoms with van der Waals surface area (Å²) in [5, 5.41) is 0. The van der Waals surface area contributed by atoms with Crippen LogP contribution in [-0.2, 0) is 0 Å². The fourth-order valence-electron chi connectivity index (χ4n) is 2.47. The second-order valence-corrected chi connectivity index (χ2v) is 4.55. The fraction of sp³-hybridized carbons (Fsp3) is 0.667. The number of furan rings is 1. The first-order valence-electron chi connectivity index (χ1n) is 5.77. The normalized spacial score (nSPS) is 25.3. The third kappa shape index (κ3) is 2.41. The molecule has 15 heavy (non-hydrogen) atoms. The Hall–Kier alpha value is -0.800. The number of nitrogens with two attached hydrogens (primary N) is 1. The van der Waals surface area contributed by atoms with Crippen LogP contribution in [0.25, 0.3) is 0 Å². The molecule has 84 valence electrons. The third-order valence-corrected chi connectivity index (χ3v) is 3.28. The van der Waals surface area contributed by atoms with E-state index in [2.05, 4.69) is 11.8 Å². The molecule has 0 bridgehead atoms. The number of hydrogen-bond acceptors (Lipinski definition) is 3. The molecule has 2 rings (SSSR count). The number of hydrogen-bond donors (Lipinski definition) is 1. The van der Waals surface area contributed by atoms with Crippen LogP contribution in [0.4, 0.5) is 0 Å². The Morgan fingerprint density at radius 3 is 3.13 bits per heavy atom. The Morgan fingerprint density at radius 1 is 1.67 bits per heavy atom. The molecule has 0 saturated carbocycles. The van der Waals surface area contributed by atoms with Crippen molar-refractivity contribution >= 4 is 0 Å². The SMILES string of the molecule is CC1CCCN(C(CN)c2ccoc2)C1. The minimum atomic E-state index is 0.339. The summed E-state index contributed by atoms with van der Waals surface area (Å²) in [5.74, 6) is 0.791. The van der Waals surface area contributed by atoms with E-state index in [-0.39, 0.29) is 0 Å². The van der Waals surface area contributed by atoms with Crippen molar-refractivity contribution in [1.82, 2.24) is 4.90 Å². The highest BCUT2D eigenvalue weighted by Crippen LogP contribution is 2.26. The minimum Gasteiger partial charge on any atom is -0.472 e. The predicted octanol–water partition coefficient (Wildman–Crippen LogP) is 2.01. The van der Waals surface area contributed by atoms with Crippen molar-refractivity contribution in [1.29, 1.82) is 0 Å². The van der Waals surface area contributed by atoms with Gasteiger partial charge in [0.15, 0.2) is 0 Å². The van der Waals surface area contributed by atoms with E-state index in [1.54, 1.807) is 6.26 Å². The maximum Gasteiger partial charge on any atom is 0.0950 e. The molecular weight excluding hydrogens is 188 g/mol. The Bertz CT molecular complexity index is 284. The first-order valence-corrected chi connectivity index (χ1v) is 5.77. The lowest BCUT2D eigenvalue weighted by molar-refractivity contribution is 0.133. The standard InChI is InChI=1S/C12H20N2O/c1-10-3-2-5-14(8-10)12(7-13)11-4-6-15-9-11/h4,6,9-10,12H,2-3,5,7-8,13H2,1H3. The van der Waals surface area contributed by atoms with Crippen LogP contribution in [-0.4, -0.2) is 24.5 Å². The van der Waals surface area contributed by atoms with Gasteiger partial charge in [0.2, 0.25) is 0 Å². The highest BCUT2D eigenvalue weighted by molar-refractivity contribution is 5.12. The van der Waals surface area contributed by atoms with Gasteiger partial charge in [0.1, 0.15) is 0 Å². The van der Waals surface area contributed by atoms with Crippen LogP contribution in [0.3, 0.4) is 0 Å². The van der Waals surface area contributed by atoms with E-state index in [4.69, 9.17) is 10.2 Å². The summed E-state index contributed by atoms with van der Waals surface area (Å²) in [7, 11) is 0. The molecule has 1 saturated heterocycles. The minimum absolute atomic E-state index is 0.339. The molecule has 3 heteroatoms. The van der Waals surface area contributed by atoms with Crippen molar-refractivity contribution < 1.29 is 4.42 Å². The van der Waals surface area contributed by atoms with Gasteiger partial charge in [0.25, 0.3) is 0 Å². The van der Waals surface area contributed by atoms with Crippen LogP contribution >= 0.6 is 0 Å². The number of likely N-dealkylation sites (tertiary alicyclic amines) is 1. The van der Waals surface area contributed by atoms with E-state index >= 15 is 0 Å². The molecule has 3 nitrogen and oxygen atoms in total. The molecule has 0 aliphatic carbocycles. The van der Waals surface area contributed by atoms with Gasteiger partial charge in [0.05, 0.1) is 18.6 Å². The van der Waals surface area contributed by atoms with Gasteiger partial charge in [-0.15, -0.1) is 0 Å². The summed E-state index contributed by atoms with van der Waals surface area (Å²) >= 11 is 0. The van der Waals surface area contributed by atoms with E-state index in [1.165, 1.54) is 18.4 Å². The van der Waals surface area contributed by atoms with Gasteiger partial charge in [-0.05, 0) is 31.4 Å². The largest absolute Gasteiger partial charge is 0.472 e. The van der Waals surface area contributed by atoms with Crippen molar-refractivity contribution in [2.45, 2.75) is 25.8 Å². The van der Waals surface area contributed by atoms with Crippen LogP contribution in [0.15, 0.2) is 23.0 Å². The molecule has 1 aromatic rings. The van der Waals surface area contributed by atoms with E-state index < -0.39 is 0 Å². The quantitative estimate of drug-likeness (QED) is 0.826. The van der Waals surface area contributed by atoms with Gasteiger partial charge in [-0.2, -0.15) is 0 Å². The number of rotatable bonds is 3. The molecule has 0 amide bonds. The highest BCUT2D eigenvalue weighted by Gasteiger charge is 2.24. The summed E-state index contributed by atoms with van der Waals surface area (Å²) in [6.07, 6.45) is 6.18. The number of piperidine rings is 1. The molecule has 1 aliphatic rings. The van der Waals surface area contributed by atoms with Gasteiger partial charge in [-0.1, -0.05) is 6.92 Å². The molecule has 1 aliphatic heterocycles. The lowest BCUT2D eigenvalue weighted by Gasteiger charge is -2.36. The Kier molecular flexibility index (Phi) is 3.44. The predicted molar refractivity (Wildman–Crippen MR) is 60.5 cm³/mol. The van der Waals surface area contributed by atoms with Gasteiger partial charge in [-0.25, -0.2) is 0 Å². The lowest BCUT2D eigenvalue weighted by atomic mass is 9.97. The van der Waals surface area contributed by atoms with Crippen LogP contribution in [0.2, 0.25) is 0 Å². The Balaban J connectivity index is 2.06. The van der Waals surface area contributed by atoms with E-state index in [0.717, 1.165) is 19.0 Å². The monoisotopic (exact) mass is 208 g/mol. The number of nitrogens with zero attached hydrogens (tertiary/aromatic N) is 1. The zero-order valence-corrected chi connectivity index (χ0v) is 9.36. The third-order valence-electron chi connectivity index (χ3n) is 3.28. The summed E-state index contributed by atoms with van der Waals surface area (Å²) in [6, 6.07) is 2.36. The van der Waals surface area contributed by atoms with Crippen molar-refractivity contribution in [2.75, 3.05) is 19.6 Å². The van der Waals surface area contributed by atoms with Crippen molar-refractivity contribution in [3.8, 4) is 0 Å². The first kappa shape index (κ1) is 10.7. The lowest BCUT2D eigenvalue weighted by Crippen LogP contribution is -2.40. The van der Waals surface area contributed by atoms with E-state index in [9.17, 15) is 0 Å². The van der Waals surface area contributed by atoms with E-state index in [0.29, 0.717) is 12.6 Å². The molecule has 0 spiro atoms. The Labute approximate surface area is 91.2 Å². The summed E-state index contributed by atoms with van der Waals surface area (Å²) in [4.78, 5) is 2.49. The van der Waals surface area contributed by atoms with Crippen molar-refractivity contribution in [3.63, 3.8) is 0 Å². The fourth-order valence-corrected chi connectivity index (χ4v) is 2.47.